The molecule has 1 N–H and O–H groups in total. The maximum atomic E-state index is 12.4. The topological polar surface area (TPSA) is 77.1 Å². The van der Waals surface area contributed by atoms with E-state index < -0.39 is 5.63 Å². The highest BCUT2D eigenvalue weighted by Crippen LogP contribution is 2.22. The molecule has 2 aromatic carbocycles. The van der Waals surface area contributed by atoms with Crippen molar-refractivity contribution in [2.24, 2.45) is 0 Å². The van der Waals surface area contributed by atoms with Gasteiger partial charge in [-0.15, -0.1) is 0 Å². The van der Waals surface area contributed by atoms with Crippen LogP contribution in [0.5, 0.6) is 0 Å². The highest BCUT2D eigenvalue weighted by Gasteiger charge is 2.14. The summed E-state index contributed by atoms with van der Waals surface area (Å²) in [5.41, 5.74) is 2.94. The zero-order valence-electron chi connectivity index (χ0n) is 14.9. The summed E-state index contributed by atoms with van der Waals surface area (Å²) in [6, 6.07) is 15.4. The fraction of sp³-hybridized carbons (Fsp3) is 0.190. The maximum Gasteiger partial charge on any atom is 0.347 e. The average molecular weight is 361 g/mol. The molecular weight excluding hydrogens is 342 g/mol. The molecule has 136 valence electrons. The van der Waals surface area contributed by atoms with Crippen LogP contribution in [0, 0.1) is 0 Å². The second kappa shape index (κ2) is 7.07. The van der Waals surface area contributed by atoms with Crippen molar-refractivity contribution in [2.45, 2.75) is 26.4 Å². The van der Waals surface area contributed by atoms with Crippen LogP contribution in [0.25, 0.3) is 21.9 Å². The smallest absolute Gasteiger partial charge is 0.347 e. The number of aryl methyl sites for hydroxylation is 1. The molecule has 0 aliphatic carbocycles. The van der Waals surface area contributed by atoms with E-state index in [4.69, 9.17) is 4.42 Å². The van der Waals surface area contributed by atoms with Gasteiger partial charge in [-0.05, 0) is 29.7 Å². The molecule has 27 heavy (non-hydrogen) atoms. The molecule has 0 atom stereocenters. The molecule has 4 aromatic rings. The van der Waals surface area contributed by atoms with Crippen LogP contribution in [0.3, 0.4) is 0 Å². The second-order valence-corrected chi connectivity index (χ2v) is 6.40. The lowest BCUT2D eigenvalue weighted by atomic mass is 10.1. The second-order valence-electron chi connectivity index (χ2n) is 6.40. The van der Waals surface area contributed by atoms with E-state index in [0.29, 0.717) is 23.0 Å². The summed E-state index contributed by atoms with van der Waals surface area (Å²) in [6.45, 7) is 2.59. The summed E-state index contributed by atoms with van der Waals surface area (Å²) < 4.78 is 6.85. The number of carbonyl (C=O) groups excluding carboxylic acids is 1. The van der Waals surface area contributed by atoms with Crippen LogP contribution in [0.4, 0.5) is 0 Å². The number of hydrogen-bond acceptors (Lipinski definition) is 4. The number of aromatic nitrogens is 2. The molecule has 2 aromatic heterocycles. The fourth-order valence-electron chi connectivity index (χ4n) is 3.13. The third kappa shape index (κ3) is 3.33. The molecule has 0 aliphatic heterocycles. The number of carbonyl (C=O) groups is 1. The third-order valence-corrected chi connectivity index (χ3v) is 4.62. The number of benzene rings is 2. The van der Waals surface area contributed by atoms with Gasteiger partial charge in [0.2, 0.25) is 5.91 Å². The molecule has 4 rings (SSSR count). The highest BCUT2D eigenvalue weighted by molar-refractivity contribution is 6.02. The predicted molar refractivity (Wildman–Crippen MR) is 103 cm³/mol. The van der Waals surface area contributed by atoms with Crippen LogP contribution in [0.1, 0.15) is 18.1 Å². The van der Waals surface area contributed by atoms with E-state index in [1.165, 1.54) is 11.8 Å². The number of para-hydroxylation sites is 1. The summed E-state index contributed by atoms with van der Waals surface area (Å²) in [5, 5.41) is 8.25. The van der Waals surface area contributed by atoms with Crippen LogP contribution in [0.15, 0.2) is 63.9 Å². The van der Waals surface area contributed by atoms with Crippen LogP contribution < -0.4 is 10.9 Å². The Bertz CT molecular complexity index is 1170. The molecule has 2 heterocycles. The summed E-state index contributed by atoms with van der Waals surface area (Å²) >= 11 is 0. The SMILES string of the molecule is CCc1ccc(CNC(=O)Cn2ncc3c(=O)oc4ccccc4c32)cc1. The number of amides is 1. The van der Waals surface area contributed by atoms with Crippen LogP contribution in [0.2, 0.25) is 0 Å². The van der Waals surface area contributed by atoms with E-state index in [1.54, 1.807) is 16.8 Å². The van der Waals surface area contributed by atoms with Gasteiger partial charge in [-0.2, -0.15) is 5.10 Å². The van der Waals surface area contributed by atoms with E-state index in [1.807, 2.05) is 24.3 Å². The molecule has 0 saturated heterocycles. The largest absolute Gasteiger partial charge is 0.422 e. The van der Waals surface area contributed by atoms with E-state index in [-0.39, 0.29) is 12.5 Å². The van der Waals surface area contributed by atoms with Crippen LogP contribution >= 0.6 is 0 Å². The Labute approximate surface area is 155 Å². The minimum atomic E-state index is -0.452. The van der Waals surface area contributed by atoms with E-state index in [9.17, 15) is 9.59 Å². The summed E-state index contributed by atoms with van der Waals surface area (Å²) in [7, 11) is 0. The van der Waals surface area contributed by atoms with Crippen molar-refractivity contribution < 1.29 is 9.21 Å². The minimum Gasteiger partial charge on any atom is -0.422 e. The van der Waals surface area contributed by atoms with Crippen LogP contribution in [-0.2, 0) is 24.3 Å². The van der Waals surface area contributed by atoms with Gasteiger partial charge in [0.1, 0.15) is 17.5 Å². The van der Waals surface area contributed by atoms with Crippen molar-refractivity contribution in [3.63, 3.8) is 0 Å². The van der Waals surface area contributed by atoms with Crippen molar-refractivity contribution in [3.8, 4) is 0 Å². The minimum absolute atomic E-state index is 0.0317. The Balaban J connectivity index is 1.56. The Hall–Kier alpha value is -3.41. The molecule has 0 spiro atoms. The molecule has 0 fully saturated rings. The van der Waals surface area contributed by atoms with Crippen molar-refractivity contribution in [1.29, 1.82) is 0 Å². The normalized spacial score (nSPS) is 11.1. The highest BCUT2D eigenvalue weighted by atomic mass is 16.4. The first-order valence-electron chi connectivity index (χ1n) is 8.87. The molecule has 0 saturated carbocycles. The Morgan fingerprint density at radius 3 is 2.59 bits per heavy atom. The third-order valence-electron chi connectivity index (χ3n) is 4.62. The molecule has 0 aliphatic rings. The first-order valence-corrected chi connectivity index (χ1v) is 8.87. The molecule has 1 amide bonds. The van der Waals surface area contributed by atoms with Gasteiger partial charge in [-0.1, -0.05) is 43.3 Å². The lowest BCUT2D eigenvalue weighted by Crippen LogP contribution is -2.27. The fourth-order valence-corrected chi connectivity index (χ4v) is 3.13. The molecule has 0 radical (unpaired) electrons. The zero-order chi connectivity index (χ0) is 18.8. The maximum absolute atomic E-state index is 12.4. The molecule has 0 unspecified atom stereocenters. The number of hydrogen-bond donors (Lipinski definition) is 1. The van der Waals surface area contributed by atoms with Crippen molar-refractivity contribution in [3.05, 3.63) is 76.3 Å². The first kappa shape index (κ1) is 17.0. The summed E-state index contributed by atoms with van der Waals surface area (Å²) in [5.74, 6) is -0.170. The Morgan fingerprint density at radius 2 is 1.81 bits per heavy atom. The number of nitrogens with zero attached hydrogens (tertiary/aromatic N) is 2. The van der Waals surface area contributed by atoms with Gasteiger partial charge in [0.25, 0.3) is 0 Å². The molecule has 0 bridgehead atoms. The zero-order valence-corrected chi connectivity index (χ0v) is 14.9. The number of fused-ring (bicyclic) bond motifs is 3. The van der Waals surface area contributed by atoms with Crippen molar-refractivity contribution in [1.82, 2.24) is 15.1 Å². The first-order chi connectivity index (χ1) is 13.2. The van der Waals surface area contributed by atoms with Gasteiger partial charge >= 0.3 is 5.63 Å². The summed E-state index contributed by atoms with van der Waals surface area (Å²) in [6.07, 6.45) is 2.44. The number of nitrogens with one attached hydrogen (secondary N) is 1. The molecule has 6 heteroatoms. The van der Waals surface area contributed by atoms with Gasteiger partial charge in [-0.25, -0.2) is 4.79 Å². The average Bonchev–Trinajstić information content (AvgIpc) is 3.11. The Kier molecular flexibility index (Phi) is 4.46. The van der Waals surface area contributed by atoms with Gasteiger partial charge in [0, 0.05) is 11.9 Å². The Morgan fingerprint density at radius 1 is 1.07 bits per heavy atom. The van der Waals surface area contributed by atoms with Gasteiger partial charge in [0.15, 0.2) is 0 Å². The van der Waals surface area contributed by atoms with E-state index >= 15 is 0 Å². The van der Waals surface area contributed by atoms with Gasteiger partial charge in [-0.3, -0.25) is 9.48 Å². The number of rotatable bonds is 5. The van der Waals surface area contributed by atoms with Gasteiger partial charge < -0.3 is 9.73 Å². The predicted octanol–water partition coefficient (Wildman–Crippen LogP) is 3.02. The van der Waals surface area contributed by atoms with Crippen LogP contribution in [-0.4, -0.2) is 15.7 Å². The molecular formula is C21H19N3O3. The standard InChI is InChI=1S/C21H19N3O3/c1-2-14-7-9-15(10-8-14)11-22-19(25)13-24-20-16-5-3-4-6-18(16)27-21(26)17(20)12-23-24/h3-10,12H,2,11,13H2,1H3,(H,22,25). The summed E-state index contributed by atoms with van der Waals surface area (Å²) in [4.78, 5) is 24.5. The quantitative estimate of drug-likeness (QED) is 0.554. The monoisotopic (exact) mass is 361 g/mol. The lowest BCUT2D eigenvalue weighted by molar-refractivity contribution is -0.121. The van der Waals surface area contributed by atoms with E-state index in [0.717, 1.165) is 17.4 Å². The van der Waals surface area contributed by atoms with Crippen molar-refractivity contribution in [2.75, 3.05) is 0 Å². The molecule has 6 nitrogen and oxygen atoms in total. The van der Waals surface area contributed by atoms with Crippen molar-refractivity contribution >= 4 is 27.8 Å². The van der Waals surface area contributed by atoms with Gasteiger partial charge in [0.05, 0.1) is 11.7 Å². The lowest BCUT2D eigenvalue weighted by Gasteiger charge is -2.08. The van der Waals surface area contributed by atoms with E-state index in [2.05, 4.69) is 29.5 Å².